The Kier molecular flexibility index (Phi) is 16.2. The Bertz CT molecular complexity index is 165. The summed E-state index contributed by atoms with van der Waals surface area (Å²) in [7, 11) is 0. The van der Waals surface area contributed by atoms with Crippen molar-refractivity contribution in [3.8, 4) is 0 Å². The fourth-order valence-corrected chi connectivity index (χ4v) is 1.26. The third-order valence-electron chi connectivity index (χ3n) is 2.33. The maximum absolute atomic E-state index is 5.40. The minimum absolute atomic E-state index is 0.643. The number of rotatable bonds is 15. The van der Waals surface area contributed by atoms with Gasteiger partial charge in [-0.15, -0.1) is 6.58 Å². The molecule has 0 saturated heterocycles. The van der Waals surface area contributed by atoms with Crippen molar-refractivity contribution >= 4 is 0 Å². The second-order valence-electron chi connectivity index (χ2n) is 4.02. The molecule has 0 radical (unpaired) electrons. The zero-order valence-electron chi connectivity index (χ0n) is 11.8. The van der Waals surface area contributed by atoms with Crippen LogP contribution in [-0.4, -0.2) is 52.7 Å². The number of unbranched alkanes of at least 4 members (excludes halogenated alkanes) is 1. The van der Waals surface area contributed by atoms with E-state index < -0.39 is 0 Å². The van der Waals surface area contributed by atoms with Crippen LogP contribution in [0.2, 0.25) is 0 Å². The summed E-state index contributed by atoms with van der Waals surface area (Å²) in [5.41, 5.74) is 0. The molecule has 4 heteroatoms. The first kappa shape index (κ1) is 17.6. The number of nitrogens with one attached hydrogen (secondary N) is 1. The van der Waals surface area contributed by atoms with E-state index in [1.807, 2.05) is 6.08 Å². The molecule has 0 rings (SSSR count). The third kappa shape index (κ3) is 15.6. The standard InChI is InChI=1S/C14H29NO3/c1-3-5-7-15-8-10-17-12-14-18-13-11-16-9-6-4-2/h3,15H,1,4-14H2,2H3. The molecule has 0 unspecified atom stereocenters. The highest BCUT2D eigenvalue weighted by atomic mass is 16.5. The van der Waals surface area contributed by atoms with Crippen LogP contribution in [0.4, 0.5) is 0 Å². The summed E-state index contributed by atoms with van der Waals surface area (Å²) in [5, 5.41) is 3.26. The second-order valence-corrected chi connectivity index (χ2v) is 4.02. The predicted molar refractivity (Wildman–Crippen MR) is 75.0 cm³/mol. The number of hydrogen-bond acceptors (Lipinski definition) is 4. The Hall–Kier alpha value is -0.420. The zero-order chi connectivity index (χ0) is 13.3. The SMILES string of the molecule is C=CCCNCCOCCOCCOCCCC. The normalized spacial score (nSPS) is 10.7. The van der Waals surface area contributed by atoms with E-state index in [1.165, 1.54) is 6.42 Å². The Morgan fingerprint density at radius 3 is 2.11 bits per heavy atom. The van der Waals surface area contributed by atoms with Gasteiger partial charge in [0.05, 0.1) is 33.0 Å². The molecule has 0 spiro atoms. The maximum Gasteiger partial charge on any atom is 0.0701 e. The van der Waals surface area contributed by atoms with Crippen LogP contribution in [0.1, 0.15) is 26.2 Å². The van der Waals surface area contributed by atoms with Gasteiger partial charge in [0.2, 0.25) is 0 Å². The van der Waals surface area contributed by atoms with Gasteiger partial charge in [-0.1, -0.05) is 19.4 Å². The van der Waals surface area contributed by atoms with Crippen molar-refractivity contribution in [1.29, 1.82) is 0 Å². The monoisotopic (exact) mass is 259 g/mol. The largest absolute Gasteiger partial charge is 0.379 e. The average molecular weight is 259 g/mol. The smallest absolute Gasteiger partial charge is 0.0701 e. The number of hydrogen-bond donors (Lipinski definition) is 1. The third-order valence-corrected chi connectivity index (χ3v) is 2.33. The predicted octanol–water partition coefficient (Wildman–Crippen LogP) is 2.00. The molecule has 0 aromatic carbocycles. The van der Waals surface area contributed by atoms with Crippen molar-refractivity contribution in [3.05, 3.63) is 12.7 Å². The van der Waals surface area contributed by atoms with E-state index >= 15 is 0 Å². The van der Waals surface area contributed by atoms with Crippen molar-refractivity contribution in [2.45, 2.75) is 26.2 Å². The molecule has 0 aromatic rings. The van der Waals surface area contributed by atoms with Gasteiger partial charge in [-0.2, -0.15) is 0 Å². The summed E-state index contributed by atoms with van der Waals surface area (Å²) < 4.78 is 16.2. The van der Waals surface area contributed by atoms with Crippen molar-refractivity contribution in [3.63, 3.8) is 0 Å². The lowest BCUT2D eigenvalue weighted by Crippen LogP contribution is -2.21. The van der Waals surface area contributed by atoms with Gasteiger partial charge >= 0.3 is 0 Å². The summed E-state index contributed by atoms with van der Waals surface area (Å²) >= 11 is 0. The van der Waals surface area contributed by atoms with Gasteiger partial charge in [-0.25, -0.2) is 0 Å². The lowest BCUT2D eigenvalue weighted by molar-refractivity contribution is 0.0147. The second kappa shape index (κ2) is 16.6. The first-order valence-electron chi connectivity index (χ1n) is 6.96. The highest BCUT2D eigenvalue weighted by Crippen LogP contribution is 1.88. The van der Waals surface area contributed by atoms with Crippen molar-refractivity contribution in [2.75, 3.05) is 52.7 Å². The van der Waals surface area contributed by atoms with Crippen LogP contribution in [0.3, 0.4) is 0 Å². The van der Waals surface area contributed by atoms with Crippen LogP contribution < -0.4 is 5.32 Å². The molecule has 0 saturated carbocycles. The Morgan fingerprint density at radius 1 is 0.889 bits per heavy atom. The fraction of sp³-hybridized carbons (Fsp3) is 0.857. The van der Waals surface area contributed by atoms with Gasteiger partial charge in [0.15, 0.2) is 0 Å². The highest BCUT2D eigenvalue weighted by molar-refractivity contribution is 4.67. The van der Waals surface area contributed by atoms with Crippen LogP contribution in [0, 0.1) is 0 Å². The van der Waals surface area contributed by atoms with Crippen LogP contribution in [0.15, 0.2) is 12.7 Å². The minimum atomic E-state index is 0.643. The van der Waals surface area contributed by atoms with E-state index in [1.54, 1.807) is 0 Å². The van der Waals surface area contributed by atoms with Gasteiger partial charge in [-0.3, -0.25) is 0 Å². The molecule has 0 aromatic heterocycles. The van der Waals surface area contributed by atoms with E-state index in [0.717, 1.165) is 39.1 Å². The summed E-state index contributed by atoms with van der Waals surface area (Å²) in [6.07, 6.45) is 5.21. The molecule has 0 bridgehead atoms. The van der Waals surface area contributed by atoms with Gasteiger partial charge in [0, 0.05) is 13.2 Å². The fourth-order valence-electron chi connectivity index (χ4n) is 1.26. The van der Waals surface area contributed by atoms with E-state index in [2.05, 4.69) is 18.8 Å². The number of ether oxygens (including phenoxy) is 3. The molecule has 0 amide bonds. The van der Waals surface area contributed by atoms with Crippen molar-refractivity contribution < 1.29 is 14.2 Å². The van der Waals surface area contributed by atoms with E-state index in [9.17, 15) is 0 Å². The molecule has 0 atom stereocenters. The topological polar surface area (TPSA) is 39.7 Å². The molecule has 0 aliphatic carbocycles. The Balaban J connectivity index is 2.88. The quantitative estimate of drug-likeness (QED) is 0.361. The lowest BCUT2D eigenvalue weighted by Gasteiger charge is -2.07. The van der Waals surface area contributed by atoms with Crippen molar-refractivity contribution in [1.82, 2.24) is 5.32 Å². The van der Waals surface area contributed by atoms with E-state index in [0.29, 0.717) is 26.4 Å². The summed E-state index contributed by atoms with van der Waals surface area (Å²) in [6.45, 7) is 11.9. The molecular weight excluding hydrogens is 230 g/mol. The summed E-state index contributed by atoms with van der Waals surface area (Å²) in [5.74, 6) is 0. The average Bonchev–Trinajstić information content (AvgIpc) is 2.39. The lowest BCUT2D eigenvalue weighted by atomic mass is 10.4. The van der Waals surface area contributed by atoms with Gasteiger partial charge in [-0.05, 0) is 19.4 Å². The molecule has 0 aliphatic heterocycles. The first-order chi connectivity index (χ1) is 8.91. The summed E-state index contributed by atoms with van der Waals surface area (Å²) in [4.78, 5) is 0. The van der Waals surface area contributed by atoms with E-state index in [-0.39, 0.29) is 0 Å². The van der Waals surface area contributed by atoms with Crippen LogP contribution in [-0.2, 0) is 14.2 Å². The minimum Gasteiger partial charge on any atom is -0.379 e. The zero-order valence-corrected chi connectivity index (χ0v) is 11.8. The Morgan fingerprint density at radius 2 is 1.50 bits per heavy atom. The van der Waals surface area contributed by atoms with Crippen LogP contribution in [0.5, 0.6) is 0 Å². The van der Waals surface area contributed by atoms with Crippen LogP contribution in [0.25, 0.3) is 0 Å². The van der Waals surface area contributed by atoms with Gasteiger partial charge < -0.3 is 19.5 Å². The molecule has 0 aliphatic rings. The maximum atomic E-state index is 5.40. The molecular formula is C14H29NO3. The molecule has 1 N–H and O–H groups in total. The molecule has 18 heavy (non-hydrogen) atoms. The van der Waals surface area contributed by atoms with Crippen molar-refractivity contribution in [2.24, 2.45) is 0 Å². The summed E-state index contributed by atoms with van der Waals surface area (Å²) in [6, 6.07) is 0. The Labute approximate surface area is 112 Å². The van der Waals surface area contributed by atoms with Crippen LogP contribution >= 0.6 is 0 Å². The molecule has 0 fully saturated rings. The highest BCUT2D eigenvalue weighted by Gasteiger charge is 1.91. The molecule has 4 nitrogen and oxygen atoms in total. The molecule has 108 valence electrons. The molecule has 0 heterocycles. The van der Waals surface area contributed by atoms with Gasteiger partial charge in [0.25, 0.3) is 0 Å². The van der Waals surface area contributed by atoms with E-state index in [4.69, 9.17) is 14.2 Å². The first-order valence-corrected chi connectivity index (χ1v) is 6.96. The van der Waals surface area contributed by atoms with Gasteiger partial charge in [0.1, 0.15) is 0 Å².